The van der Waals surface area contributed by atoms with Gasteiger partial charge in [-0.05, 0) is 54.1 Å². The van der Waals surface area contributed by atoms with Gasteiger partial charge in [-0.25, -0.2) is 4.79 Å². The van der Waals surface area contributed by atoms with E-state index in [9.17, 15) is 14.4 Å². The first kappa shape index (κ1) is 20.4. The molecule has 1 aliphatic heterocycles. The van der Waals surface area contributed by atoms with E-state index in [2.05, 4.69) is 10.6 Å². The van der Waals surface area contributed by atoms with Gasteiger partial charge in [0.25, 0.3) is 5.91 Å². The maximum Gasteiger partial charge on any atom is 0.324 e. The number of carbonyl (C=O) groups excluding carboxylic acids is 3. The Hall–Kier alpha value is -3.84. The first-order valence-corrected chi connectivity index (χ1v) is 9.88. The molecule has 3 aromatic rings. The summed E-state index contributed by atoms with van der Waals surface area (Å²) < 4.78 is 5.74. The molecule has 4 amide bonds. The van der Waals surface area contributed by atoms with Crippen molar-refractivity contribution in [2.24, 2.45) is 0 Å². The minimum Gasteiger partial charge on any atom is -0.456 e. The lowest BCUT2D eigenvalue weighted by molar-refractivity contribution is -0.125. The number of benzene rings is 3. The Balaban J connectivity index is 1.36. The highest BCUT2D eigenvalue weighted by atomic mass is 35.5. The van der Waals surface area contributed by atoms with Crippen LogP contribution < -0.4 is 15.4 Å². The number of nitrogens with one attached hydrogen (secondary N) is 2. The molecule has 31 heavy (non-hydrogen) atoms. The van der Waals surface area contributed by atoms with Crippen molar-refractivity contribution >= 4 is 35.1 Å². The average Bonchev–Trinajstić information content (AvgIpc) is 3.09. The number of anilines is 1. The van der Waals surface area contributed by atoms with Crippen molar-refractivity contribution in [2.75, 3.05) is 11.9 Å². The fourth-order valence-corrected chi connectivity index (χ4v) is 3.20. The van der Waals surface area contributed by atoms with Crippen LogP contribution in [0.25, 0.3) is 0 Å². The summed E-state index contributed by atoms with van der Waals surface area (Å²) in [6.07, 6.45) is 0. The first-order valence-electron chi connectivity index (χ1n) is 9.50. The number of halogens is 1. The van der Waals surface area contributed by atoms with E-state index in [-0.39, 0.29) is 24.9 Å². The van der Waals surface area contributed by atoms with Gasteiger partial charge in [0.2, 0.25) is 5.91 Å². The van der Waals surface area contributed by atoms with Crippen LogP contribution in [0.15, 0.2) is 72.8 Å². The molecular weight excluding hydrogens is 418 g/mol. The number of imide groups is 1. The van der Waals surface area contributed by atoms with Gasteiger partial charge < -0.3 is 15.4 Å². The minimum absolute atomic E-state index is 0.0154. The van der Waals surface area contributed by atoms with Crippen LogP contribution in [0.2, 0.25) is 5.02 Å². The van der Waals surface area contributed by atoms with E-state index in [0.717, 1.165) is 10.5 Å². The van der Waals surface area contributed by atoms with E-state index >= 15 is 0 Å². The second-order valence-electron chi connectivity index (χ2n) is 6.85. The largest absolute Gasteiger partial charge is 0.456 e. The average molecular weight is 436 g/mol. The molecule has 1 heterocycles. The summed E-state index contributed by atoms with van der Waals surface area (Å²) in [6, 6.07) is 20.4. The summed E-state index contributed by atoms with van der Waals surface area (Å²) in [5, 5.41) is 5.80. The minimum atomic E-state index is -0.409. The van der Waals surface area contributed by atoms with Crippen molar-refractivity contribution in [1.29, 1.82) is 0 Å². The topological polar surface area (TPSA) is 87.7 Å². The van der Waals surface area contributed by atoms with Crippen LogP contribution in [0.5, 0.6) is 11.5 Å². The summed E-state index contributed by atoms with van der Waals surface area (Å²) in [7, 11) is 0. The van der Waals surface area contributed by atoms with Crippen molar-refractivity contribution in [2.45, 2.75) is 6.54 Å². The van der Waals surface area contributed by atoms with E-state index in [1.807, 2.05) is 12.1 Å². The van der Waals surface area contributed by atoms with E-state index in [4.69, 9.17) is 16.3 Å². The molecule has 1 fully saturated rings. The molecule has 0 atom stereocenters. The summed E-state index contributed by atoms with van der Waals surface area (Å²) in [6.45, 7) is 0.182. The van der Waals surface area contributed by atoms with E-state index in [1.54, 1.807) is 60.7 Å². The number of urea groups is 1. The number of carbonyl (C=O) groups is 3. The van der Waals surface area contributed by atoms with Crippen LogP contribution in [0.1, 0.15) is 15.9 Å². The molecule has 156 valence electrons. The quantitative estimate of drug-likeness (QED) is 0.560. The zero-order valence-electron chi connectivity index (χ0n) is 16.3. The smallest absolute Gasteiger partial charge is 0.324 e. The Labute approximate surface area is 183 Å². The standard InChI is InChI=1S/C23H18ClN3O4/c24-19-3-1-2-4-20(19)31-18-11-9-17(10-12-18)26-22(29)16-7-5-15(6-8-16)14-27-21(28)13-25-23(27)30/h1-12H,13-14H2,(H,25,30)(H,26,29). The molecule has 0 saturated carbocycles. The molecule has 0 radical (unpaired) electrons. The number of amides is 4. The van der Waals surface area contributed by atoms with E-state index in [0.29, 0.717) is 27.8 Å². The number of rotatable bonds is 6. The number of hydrogen-bond acceptors (Lipinski definition) is 4. The lowest BCUT2D eigenvalue weighted by Gasteiger charge is -2.12. The normalized spacial score (nSPS) is 13.1. The lowest BCUT2D eigenvalue weighted by Crippen LogP contribution is -2.30. The second kappa shape index (κ2) is 8.89. The highest BCUT2D eigenvalue weighted by Crippen LogP contribution is 2.29. The monoisotopic (exact) mass is 435 g/mol. The van der Waals surface area contributed by atoms with Gasteiger partial charge in [0.05, 0.1) is 18.1 Å². The zero-order valence-corrected chi connectivity index (χ0v) is 17.1. The first-order chi connectivity index (χ1) is 15.0. The van der Waals surface area contributed by atoms with Gasteiger partial charge in [0, 0.05) is 11.3 Å². The van der Waals surface area contributed by atoms with Crippen LogP contribution in [-0.4, -0.2) is 29.3 Å². The van der Waals surface area contributed by atoms with Crippen LogP contribution >= 0.6 is 11.6 Å². The summed E-state index contributed by atoms with van der Waals surface area (Å²) in [5.41, 5.74) is 1.82. The fraction of sp³-hybridized carbons (Fsp3) is 0.0870. The van der Waals surface area contributed by atoms with Crippen LogP contribution in [-0.2, 0) is 11.3 Å². The van der Waals surface area contributed by atoms with Crippen molar-refractivity contribution in [3.8, 4) is 11.5 Å². The molecule has 7 nitrogen and oxygen atoms in total. The van der Waals surface area contributed by atoms with Gasteiger partial charge in [0.1, 0.15) is 11.5 Å². The predicted octanol–water partition coefficient (Wildman–Crippen LogP) is 4.44. The maximum atomic E-state index is 12.5. The van der Waals surface area contributed by atoms with Gasteiger partial charge in [-0.1, -0.05) is 35.9 Å². The molecule has 0 aliphatic carbocycles. The number of ether oxygens (including phenoxy) is 1. The molecule has 0 aromatic heterocycles. The predicted molar refractivity (Wildman–Crippen MR) is 116 cm³/mol. The summed E-state index contributed by atoms with van der Waals surface area (Å²) in [5.74, 6) is 0.597. The molecular formula is C23H18ClN3O4. The molecule has 1 aliphatic rings. The van der Waals surface area contributed by atoms with E-state index in [1.165, 1.54) is 0 Å². The third kappa shape index (κ3) is 4.84. The number of para-hydroxylation sites is 1. The molecule has 2 N–H and O–H groups in total. The van der Waals surface area contributed by atoms with Gasteiger partial charge in [0.15, 0.2) is 0 Å². The van der Waals surface area contributed by atoms with Crippen molar-refractivity contribution in [3.05, 3.63) is 88.9 Å². The molecule has 4 rings (SSSR count). The van der Waals surface area contributed by atoms with Crippen molar-refractivity contribution in [3.63, 3.8) is 0 Å². The second-order valence-corrected chi connectivity index (χ2v) is 7.25. The molecule has 1 saturated heterocycles. The van der Waals surface area contributed by atoms with Crippen LogP contribution in [0.3, 0.4) is 0 Å². The van der Waals surface area contributed by atoms with Crippen LogP contribution in [0, 0.1) is 0 Å². The Morgan fingerprint density at radius 1 is 1.00 bits per heavy atom. The molecule has 3 aromatic carbocycles. The highest BCUT2D eigenvalue weighted by Gasteiger charge is 2.28. The third-order valence-electron chi connectivity index (χ3n) is 4.67. The Kier molecular flexibility index (Phi) is 5.86. The number of nitrogens with zero attached hydrogens (tertiary/aromatic N) is 1. The molecule has 0 spiro atoms. The van der Waals surface area contributed by atoms with Crippen molar-refractivity contribution < 1.29 is 19.1 Å². The van der Waals surface area contributed by atoms with Gasteiger partial charge >= 0.3 is 6.03 Å². The van der Waals surface area contributed by atoms with Gasteiger partial charge in [-0.15, -0.1) is 0 Å². The Bertz CT molecular complexity index is 1110. The molecule has 8 heteroatoms. The summed E-state index contributed by atoms with van der Waals surface area (Å²) in [4.78, 5) is 36.9. The van der Waals surface area contributed by atoms with Crippen LogP contribution in [0.4, 0.5) is 10.5 Å². The summed E-state index contributed by atoms with van der Waals surface area (Å²) >= 11 is 6.09. The van der Waals surface area contributed by atoms with Gasteiger partial charge in [-0.2, -0.15) is 0 Å². The Morgan fingerprint density at radius 2 is 1.71 bits per heavy atom. The van der Waals surface area contributed by atoms with E-state index < -0.39 is 6.03 Å². The maximum absolute atomic E-state index is 12.5. The SMILES string of the molecule is O=C(Nc1ccc(Oc2ccccc2Cl)cc1)c1ccc(CN2C(=O)CNC2=O)cc1. The van der Waals surface area contributed by atoms with Crippen molar-refractivity contribution in [1.82, 2.24) is 10.2 Å². The van der Waals surface area contributed by atoms with Gasteiger partial charge in [-0.3, -0.25) is 14.5 Å². The molecule has 0 bridgehead atoms. The highest BCUT2D eigenvalue weighted by molar-refractivity contribution is 6.32. The zero-order chi connectivity index (χ0) is 21.8. The lowest BCUT2D eigenvalue weighted by atomic mass is 10.1. The third-order valence-corrected chi connectivity index (χ3v) is 4.98. The number of hydrogen-bond donors (Lipinski definition) is 2. The fourth-order valence-electron chi connectivity index (χ4n) is 3.02. The Morgan fingerprint density at radius 3 is 2.35 bits per heavy atom. The molecule has 0 unspecified atom stereocenters.